The Bertz CT molecular complexity index is 1300. The quantitative estimate of drug-likeness (QED) is 0.310. The Hall–Kier alpha value is -4.43. The van der Waals surface area contributed by atoms with Crippen LogP contribution in [0, 0.1) is 0 Å². The van der Waals surface area contributed by atoms with Gasteiger partial charge < -0.3 is 14.6 Å². The van der Waals surface area contributed by atoms with Gasteiger partial charge in [-0.3, -0.25) is 19.8 Å². The fourth-order valence-electron chi connectivity index (χ4n) is 3.25. The monoisotopic (exact) mass is 472 g/mol. The van der Waals surface area contributed by atoms with Gasteiger partial charge in [-0.25, -0.2) is 0 Å². The van der Waals surface area contributed by atoms with Crippen LogP contribution in [0.5, 0.6) is 23.0 Å². The molecule has 1 heterocycles. The van der Waals surface area contributed by atoms with E-state index in [0.717, 1.165) is 5.56 Å². The van der Waals surface area contributed by atoms with Crippen LogP contribution < -0.4 is 19.7 Å². The first-order valence-corrected chi connectivity index (χ1v) is 10.6. The van der Waals surface area contributed by atoms with E-state index in [1.807, 2.05) is 30.3 Å². The predicted molar refractivity (Wildman–Crippen MR) is 133 cm³/mol. The van der Waals surface area contributed by atoms with E-state index in [2.05, 4.69) is 5.32 Å². The largest absolute Gasteiger partial charge is 0.504 e. The fourth-order valence-corrected chi connectivity index (χ4v) is 3.53. The molecule has 0 aliphatic carbocycles. The molecule has 1 fully saturated rings. The van der Waals surface area contributed by atoms with Gasteiger partial charge in [0.15, 0.2) is 16.6 Å². The van der Waals surface area contributed by atoms with Crippen LogP contribution >= 0.6 is 12.2 Å². The summed E-state index contributed by atoms with van der Waals surface area (Å²) in [7, 11) is 1.45. The molecule has 0 spiro atoms. The lowest BCUT2D eigenvalue weighted by atomic mass is 10.1. The van der Waals surface area contributed by atoms with Crippen LogP contribution in [0.2, 0.25) is 0 Å². The molecular weight excluding hydrogens is 452 g/mol. The maximum absolute atomic E-state index is 13.1. The first kappa shape index (κ1) is 22.8. The average Bonchev–Trinajstić information content (AvgIpc) is 2.83. The fraction of sp³-hybridized carbons (Fsp3) is 0.0385. The van der Waals surface area contributed by atoms with Gasteiger partial charge in [0.05, 0.1) is 12.8 Å². The molecule has 0 saturated carbocycles. The van der Waals surface area contributed by atoms with Gasteiger partial charge in [0.1, 0.15) is 17.1 Å². The number of para-hydroxylation sites is 1. The number of benzene rings is 3. The minimum absolute atomic E-state index is 0.00358. The number of aromatic hydroxyl groups is 1. The molecule has 8 heteroatoms. The van der Waals surface area contributed by atoms with E-state index in [-0.39, 0.29) is 16.4 Å². The average molecular weight is 473 g/mol. The molecule has 1 saturated heterocycles. The summed E-state index contributed by atoms with van der Waals surface area (Å²) in [5.41, 5.74) is 1.14. The Kier molecular flexibility index (Phi) is 6.70. The number of phenolic OH excluding ortho intramolecular Hbond substituents is 1. The van der Waals surface area contributed by atoms with Crippen LogP contribution in [0.4, 0.5) is 5.69 Å². The highest BCUT2D eigenvalue weighted by Gasteiger charge is 2.34. The molecule has 0 bridgehead atoms. The van der Waals surface area contributed by atoms with E-state index in [9.17, 15) is 14.7 Å². The summed E-state index contributed by atoms with van der Waals surface area (Å²) in [4.78, 5) is 26.8. The molecule has 3 aromatic rings. The van der Waals surface area contributed by atoms with Gasteiger partial charge in [-0.05, 0) is 72.4 Å². The van der Waals surface area contributed by atoms with Crippen LogP contribution in [-0.2, 0) is 9.59 Å². The highest BCUT2D eigenvalue weighted by molar-refractivity contribution is 7.80. The molecule has 4 rings (SSSR count). The predicted octanol–water partition coefficient (Wildman–Crippen LogP) is 4.58. The lowest BCUT2D eigenvalue weighted by Crippen LogP contribution is -2.54. The van der Waals surface area contributed by atoms with Crippen LogP contribution in [0.1, 0.15) is 5.56 Å². The van der Waals surface area contributed by atoms with Crippen LogP contribution in [0.25, 0.3) is 6.08 Å². The second-order valence-corrected chi connectivity index (χ2v) is 7.57. The summed E-state index contributed by atoms with van der Waals surface area (Å²) < 4.78 is 10.9. The van der Waals surface area contributed by atoms with Crippen LogP contribution in [0.3, 0.4) is 0 Å². The summed E-state index contributed by atoms with van der Waals surface area (Å²) in [5, 5.41) is 12.2. The molecule has 1 aliphatic heterocycles. The minimum atomic E-state index is -0.580. The van der Waals surface area contributed by atoms with Gasteiger partial charge in [-0.2, -0.15) is 0 Å². The molecule has 0 unspecified atom stereocenters. The standard InChI is InChI=1S/C26H20N2O5S/c1-32-23-16-17(10-15-22(23)29)6-5-9-21-24(30)27-26(34)28(25(21)31)18-11-13-20(14-12-18)33-19-7-3-2-4-8-19/h2-16,29H,1H3,(H,27,30,34)/b6-5-,21-9+. The maximum Gasteiger partial charge on any atom is 0.270 e. The number of carbonyl (C=O) groups is 2. The molecule has 0 atom stereocenters. The molecule has 2 N–H and O–H groups in total. The molecule has 0 aromatic heterocycles. The maximum atomic E-state index is 13.1. The molecule has 170 valence electrons. The SMILES string of the molecule is COc1cc(/C=C\C=C2/C(=O)NC(=S)N(c3ccc(Oc4ccccc4)cc3)C2=O)ccc1O. The molecule has 1 aliphatic rings. The summed E-state index contributed by atoms with van der Waals surface area (Å²) in [6.45, 7) is 0. The van der Waals surface area contributed by atoms with Gasteiger partial charge in [-0.15, -0.1) is 0 Å². The number of nitrogens with one attached hydrogen (secondary N) is 1. The first-order chi connectivity index (χ1) is 16.5. The van der Waals surface area contributed by atoms with Gasteiger partial charge in [-0.1, -0.05) is 36.4 Å². The number of amides is 2. The minimum Gasteiger partial charge on any atom is -0.504 e. The van der Waals surface area contributed by atoms with E-state index < -0.39 is 11.8 Å². The number of carbonyl (C=O) groups excluding carboxylic acids is 2. The van der Waals surface area contributed by atoms with Crippen molar-refractivity contribution in [1.29, 1.82) is 0 Å². The van der Waals surface area contributed by atoms with Crippen LogP contribution in [0.15, 0.2) is 90.5 Å². The van der Waals surface area contributed by atoms with Crippen molar-refractivity contribution in [2.45, 2.75) is 0 Å². The molecule has 3 aromatic carbocycles. The second kappa shape index (κ2) is 10.0. The number of ether oxygens (including phenoxy) is 2. The number of hydrogen-bond acceptors (Lipinski definition) is 6. The first-order valence-electron chi connectivity index (χ1n) is 10.2. The van der Waals surface area contributed by atoms with Crippen molar-refractivity contribution in [1.82, 2.24) is 5.32 Å². The number of anilines is 1. The lowest BCUT2D eigenvalue weighted by molar-refractivity contribution is -0.122. The van der Waals surface area contributed by atoms with Crippen molar-refractivity contribution in [2.24, 2.45) is 0 Å². The number of phenols is 1. The zero-order valence-corrected chi connectivity index (χ0v) is 18.9. The van der Waals surface area contributed by atoms with E-state index in [1.165, 1.54) is 24.2 Å². The second-order valence-electron chi connectivity index (χ2n) is 7.18. The molecule has 7 nitrogen and oxygen atoms in total. The zero-order chi connectivity index (χ0) is 24.1. The van der Waals surface area contributed by atoms with Crippen molar-refractivity contribution in [3.05, 3.63) is 96.1 Å². The lowest BCUT2D eigenvalue weighted by Gasteiger charge is -2.28. The highest BCUT2D eigenvalue weighted by atomic mass is 32.1. The third kappa shape index (κ3) is 4.97. The number of hydrogen-bond donors (Lipinski definition) is 2. The number of allylic oxidation sites excluding steroid dienone is 2. The molecule has 34 heavy (non-hydrogen) atoms. The number of methoxy groups -OCH3 is 1. The van der Waals surface area contributed by atoms with E-state index in [4.69, 9.17) is 21.7 Å². The summed E-state index contributed by atoms with van der Waals surface area (Å²) in [6.07, 6.45) is 4.67. The Labute approximate surface area is 201 Å². The smallest absolute Gasteiger partial charge is 0.270 e. The number of nitrogens with zero attached hydrogens (tertiary/aromatic N) is 1. The third-order valence-corrected chi connectivity index (χ3v) is 5.22. The Morgan fingerprint density at radius 1 is 0.971 bits per heavy atom. The van der Waals surface area contributed by atoms with Crippen molar-refractivity contribution in [3.63, 3.8) is 0 Å². The Balaban J connectivity index is 1.53. The normalized spacial score (nSPS) is 15.0. The van der Waals surface area contributed by atoms with Crippen molar-refractivity contribution in [2.75, 3.05) is 12.0 Å². The topological polar surface area (TPSA) is 88.1 Å². The summed E-state index contributed by atoms with van der Waals surface area (Å²) >= 11 is 5.24. The van der Waals surface area contributed by atoms with Crippen molar-refractivity contribution in [3.8, 4) is 23.0 Å². The van der Waals surface area contributed by atoms with Gasteiger partial charge in [0.2, 0.25) is 0 Å². The Morgan fingerprint density at radius 3 is 2.38 bits per heavy atom. The number of rotatable bonds is 6. The third-order valence-electron chi connectivity index (χ3n) is 4.93. The Morgan fingerprint density at radius 2 is 1.68 bits per heavy atom. The van der Waals surface area contributed by atoms with Gasteiger partial charge in [0.25, 0.3) is 11.8 Å². The summed E-state index contributed by atoms with van der Waals surface area (Å²) in [5.74, 6) is 0.496. The molecular formula is C26H20N2O5S. The van der Waals surface area contributed by atoms with Crippen molar-refractivity contribution >= 4 is 40.9 Å². The number of thiocarbonyl (C=S) groups is 1. The molecule has 2 amide bonds. The van der Waals surface area contributed by atoms with E-state index >= 15 is 0 Å². The molecule has 0 radical (unpaired) electrons. The van der Waals surface area contributed by atoms with Crippen molar-refractivity contribution < 1.29 is 24.2 Å². The van der Waals surface area contributed by atoms with Gasteiger partial charge >= 0.3 is 0 Å². The van der Waals surface area contributed by atoms with Gasteiger partial charge in [0, 0.05) is 0 Å². The van der Waals surface area contributed by atoms with E-state index in [0.29, 0.717) is 22.9 Å². The van der Waals surface area contributed by atoms with E-state index in [1.54, 1.807) is 48.6 Å². The summed E-state index contributed by atoms with van der Waals surface area (Å²) in [6, 6.07) is 20.9. The van der Waals surface area contributed by atoms with Crippen LogP contribution in [-0.4, -0.2) is 29.1 Å². The zero-order valence-electron chi connectivity index (χ0n) is 18.1. The highest BCUT2D eigenvalue weighted by Crippen LogP contribution is 2.28.